The predicted molar refractivity (Wildman–Crippen MR) is 71.1 cm³/mol. The van der Waals surface area contributed by atoms with Gasteiger partial charge in [0.15, 0.2) is 6.29 Å². The molecule has 0 bridgehead atoms. The molecule has 0 fully saturated rings. The normalized spacial score (nSPS) is 13.2. The van der Waals surface area contributed by atoms with E-state index in [9.17, 15) is 5.11 Å². The van der Waals surface area contributed by atoms with Crippen molar-refractivity contribution < 1.29 is 19.3 Å². The Morgan fingerprint density at radius 3 is 2.53 bits per heavy atom. The van der Waals surface area contributed by atoms with E-state index in [0.717, 1.165) is 0 Å². The molecule has 19 heavy (non-hydrogen) atoms. The smallest absolute Gasteiger partial charge is 0.189 e. The third-order valence-corrected chi connectivity index (χ3v) is 2.83. The SMILES string of the molecule is CCOC(OCC)C(O)c1c(Cl)cnn1CCOC. The van der Waals surface area contributed by atoms with Crippen LogP contribution in [0, 0.1) is 0 Å². The van der Waals surface area contributed by atoms with Crippen molar-refractivity contribution in [3.63, 3.8) is 0 Å². The summed E-state index contributed by atoms with van der Waals surface area (Å²) in [4.78, 5) is 0. The van der Waals surface area contributed by atoms with Gasteiger partial charge in [0, 0.05) is 20.3 Å². The summed E-state index contributed by atoms with van der Waals surface area (Å²) in [6.45, 7) is 5.52. The molecule has 6 nitrogen and oxygen atoms in total. The van der Waals surface area contributed by atoms with Gasteiger partial charge < -0.3 is 19.3 Å². The highest BCUT2D eigenvalue weighted by Crippen LogP contribution is 2.27. The van der Waals surface area contributed by atoms with Gasteiger partial charge >= 0.3 is 0 Å². The van der Waals surface area contributed by atoms with Gasteiger partial charge in [-0.05, 0) is 13.8 Å². The fourth-order valence-electron chi connectivity index (χ4n) is 1.71. The van der Waals surface area contributed by atoms with Crippen LogP contribution in [0.15, 0.2) is 6.20 Å². The molecule has 0 radical (unpaired) electrons. The standard InChI is InChI=1S/C12H21ClN2O4/c1-4-18-12(19-5-2)11(16)10-9(13)8-14-15(10)6-7-17-3/h8,11-12,16H,4-7H2,1-3H3. The number of hydrogen-bond donors (Lipinski definition) is 1. The second-order valence-electron chi connectivity index (χ2n) is 3.82. The molecule has 110 valence electrons. The summed E-state index contributed by atoms with van der Waals surface area (Å²) in [6.07, 6.45) is -0.262. The molecule has 7 heteroatoms. The van der Waals surface area contributed by atoms with Gasteiger partial charge in [0.25, 0.3) is 0 Å². The minimum atomic E-state index is -0.994. The van der Waals surface area contributed by atoms with Gasteiger partial charge in [0.1, 0.15) is 6.10 Å². The van der Waals surface area contributed by atoms with E-state index in [1.165, 1.54) is 6.20 Å². The van der Waals surface area contributed by atoms with Crippen molar-refractivity contribution in [2.45, 2.75) is 32.8 Å². The monoisotopic (exact) mass is 292 g/mol. The fraction of sp³-hybridized carbons (Fsp3) is 0.750. The van der Waals surface area contributed by atoms with Crippen LogP contribution in [0.2, 0.25) is 5.02 Å². The van der Waals surface area contributed by atoms with Crippen molar-refractivity contribution >= 4 is 11.6 Å². The largest absolute Gasteiger partial charge is 0.383 e. The fourth-order valence-corrected chi connectivity index (χ4v) is 1.96. The van der Waals surface area contributed by atoms with Crippen molar-refractivity contribution in [2.75, 3.05) is 26.9 Å². The molecular formula is C12H21ClN2O4. The van der Waals surface area contributed by atoms with Crippen LogP contribution in [0.4, 0.5) is 0 Å². The number of methoxy groups -OCH3 is 1. The maximum atomic E-state index is 10.4. The van der Waals surface area contributed by atoms with Crippen molar-refractivity contribution in [1.82, 2.24) is 9.78 Å². The lowest BCUT2D eigenvalue weighted by molar-refractivity contribution is -0.193. The molecule has 0 aliphatic carbocycles. The molecule has 0 saturated heterocycles. The van der Waals surface area contributed by atoms with Crippen LogP contribution >= 0.6 is 11.6 Å². The Morgan fingerprint density at radius 1 is 1.37 bits per heavy atom. The Kier molecular flexibility index (Phi) is 7.33. The Labute approximate surface area is 118 Å². The van der Waals surface area contributed by atoms with E-state index in [2.05, 4.69) is 5.10 Å². The van der Waals surface area contributed by atoms with Crippen molar-refractivity contribution in [1.29, 1.82) is 0 Å². The highest BCUT2D eigenvalue weighted by atomic mass is 35.5. The summed E-state index contributed by atoms with van der Waals surface area (Å²) in [6, 6.07) is 0. The lowest BCUT2D eigenvalue weighted by Gasteiger charge is -2.23. The van der Waals surface area contributed by atoms with Crippen molar-refractivity contribution in [2.24, 2.45) is 0 Å². The molecule has 0 aliphatic rings. The third kappa shape index (κ3) is 4.43. The van der Waals surface area contributed by atoms with E-state index in [0.29, 0.717) is 37.1 Å². The number of aliphatic hydroxyl groups excluding tert-OH is 1. The molecule has 1 rings (SSSR count). The van der Waals surface area contributed by atoms with Gasteiger partial charge in [0.05, 0.1) is 30.1 Å². The average Bonchev–Trinajstić information content (AvgIpc) is 2.76. The molecule has 1 aromatic rings. The Hall–Kier alpha value is -0.660. The minimum absolute atomic E-state index is 0.382. The van der Waals surface area contributed by atoms with Gasteiger partial charge in [-0.25, -0.2) is 0 Å². The number of hydrogen-bond acceptors (Lipinski definition) is 5. The lowest BCUT2D eigenvalue weighted by Crippen LogP contribution is -2.28. The lowest BCUT2D eigenvalue weighted by atomic mass is 10.2. The third-order valence-electron chi connectivity index (χ3n) is 2.54. The summed E-state index contributed by atoms with van der Waals surface area (Å²) in [7, 11) is 1.60. The van der Waals surface area contributed by atoms with E-state index in [1.807, 2.05) is 13.8 Å². The number of ether oxygens (including phenoxy) is 3. The van der Waals surface area contributed by atoms with E-state index in [-0.39, 0.29) is 0 Å². The molecule has 1 atom stereocenters. The molecule has 0 aromatic carbocycles. The summed E-state index contributed by atoms with van der Waals surface area (Å²) in [5.74, 6) is 0. The summed E-state index contributed by atoms with van der Waals surface area (Å²) < 4.78 is 17.4. The zero-order valence-corrected chi connectivity index (χ0v) is 12.3. The van der Waals surface area contributed by atoms with Gasteiger partial charge in [0.2, 0.25) is 0 Å². The second-order valence-corrected chi connectivity index (χ2v) is 4.22. The number of halogens is 1. The Morgan fingerprint density at radius 2 is 2.00 bits per heavy atom. The first-order valence-electron chi connectivity index (χ1n) is 6.27. The van der Waals surface area contributed by atoms with E-state index < -0.39 is 12.4 Å². The van der Waals surface area contributed by atoms with Crippen molar-refractivity contribution in [3.8, 4) is 0 Å². The quantitative estimate of drug-likeness (QED) is 0.701. The Bertz CT molecular complexity index is 367. The molecule has 0 saturated carbocycles. The summed E-state index contributed by atoms with van der Waals surface area (Å²) in [5.41, 5.74) is 0.477. The van der Waals surface area contributed by atoms with Gasteiger partial charge in [-0.3, -0.25) is 4.68 Å². The van der Waals surface area contributed by atoms with E-state index >= 15 is 0 Å². The molecule has 0 spiro atoms. The highest BCUT2D eigenvalue weighted by Gasteiger charge is 2.27. The average molecular weight is 293 g/mol. The van der Waals surface area contributed by atoms with Crippen LogP contribution in [0.25, 0.3) is 0 Å². The topological polar surface area (TPSA) is 65.7 Å². The van der Waals surface area contributed by atoms with E-state index in [1.54, 1.807) is 11.8 Å². The van der Waals surface area contributed by atoms with Crippen LogP contribution in [0.3, 0.4) is 0 Å². The zero-order chi connectivity index (χ0) is 14.3. The summed E-state index contributed by atoms with van der Waals surface area (Å²) >= 11 is 6.07. The molecule has 1 aromatic heterocycles. The van der Waals surface area contributed by atoms with Crippen LogP contribution in [-0.2, 0) is 20.8 Å². The number of aromatic nitrogens is 2. The van der Waals surface area contributed by atoms with Gasteiger partial charge in [-0.15, -0.1) is 0 Å². The predicted octanol–water partition coefficient (Wildman–Crippen LogP) is 1.62. The Balaban J connectivity index is 2.88. The summed E-state index contributed by atoms with van der Waals surface area (Å²) in [5, 5.41) is 14.8. The van der Waals surface area contributed by atoms with Gasteiger partial charge in [-0.1, -0.05) is 11.6 Å². The number of rotatable bonds is 9. The van der Waals surface area contributed by atoms with E-state index in [4.69, 9.17) is 25.8 Å². The van der Waals surface area contributed by atoms with Crippen LogP contribution in [-0.4, -0.2) is 48.1 Å². The first-order chi connectivity index (χ1) is 9.15. The first kappa shape index (κ1) is 16.4. The van der Waals surface area contributed by atoms with Crippen LogP contribution < -0.4 is 0 Å². The molecular weight excluding hydrogens is 272 g/mol. The maximum Gasteiger partial charge on any atom is 0.189 e. The number of aliphatic hydroxyl groups is 1. The van der Waals surface area contributed by atoms with Gasteiger partial charge in [-0.2, -0.15) is 5.10 Å². The zero-order valence-electron chi connectivity index (χ0n) is 11.5. The molecule has 0 amide bonds. The second kappa shape index (κ2) is 8.50. The molecule has 1 unspecified atom stereocenters. The molecule has 0 aliphatic heterocycles. The maximum absolute atomic E-state index is 10.4. The van der Waals surface area contributed by atoms with Crippen LogP contribution in [0.1, 0.15) is 25.6 Å². The minimum Gasteiger partial charge on any atom is -0.383 e. The van der Waals surface area contributed by atoms with Crippen LogP contribution in [0.5, 0.6) is 0 Å². The molecule has 1 N–H and O–H groups in total. The highest BCUT2D eigenvalue weighted by molar-refractivity contribution is 6.31. The van der Waals surface area contributed by atoms with Crippen molar-refractivity contribution in [3.05, 3.63) is 16.9 Å². The molecule has 1 heterocycles. The first-order valence-corrected chi connectivity index (χ1v) is 6.64. The number of nitrogens with zero attached hydrogens (tertiary/aromatic N) is 2.